The average molecular weight is 311 g/mol. The van der Waals surface area contributed by atoms with Gasteiger partial charge in [0.1, 0.15) is 5.84 Å². The van der Waals surface area contributed by atoms with Gasteiger partial charge in [-0.15, -0.1) is 0 Å². The maximum Gasteiger partial charge on any atom is 0.141 e. The summed E-state index contributed by atoms with van der Waals surface area (Å²) in [6.45, 7) is 0.954. The van der Waals surface area contributed by atoms with Crippen molar-refractivity contribution in [3.63, 3.8) is 0 Å². The van der Waals surface area contributed by atoms with Gasteiger partial charge in [0.15, 0.2) is 0 Å². The van der Waals surface area contributed by atoms with E-state index in [0.29, 0.717) is 11.7 Å². The molecule has 1 aromatic rings. The van der Waals surface area contributed by atoms with Crippen molar-refractivity contribution in [3.8, 4) is 0 Å². The van der Waals surface area contributed by atoms with Crippen LogP contribution >= 0.6 is 23.5 Å². The molecule has 0 aromatic heterocycles. The molecule has 6 heteroatoms. The Morgan fingerprint density at radius 3 is 2.85 bits per heavy atom. The molecule has 0 radical (unpaired) electrons. The van der Waals surface area contributed by atoms with Crippen molar-refractivity contribution in [2.45, 2.75) is 17.7 Å². The molecule has 1 heterocycles. The zero-order valence-electron chi connectivity index (χ0n) is 11.4. The number of nitrogens with one attached hydrogen (secondary N) is 1. The van der Waals surface area contributed by atoms with Gasteiger partial charge in [0.25, 0.3) is 0 Å². The number of hydrogen-bond acceptors (Lipinski definition) is 5. The minimum Gasteiger partial charge on any atom is -0.409 e. The largest absolute Gasteiger partial charge is 0.409 e. The molecule has 20 heavy (non-hydrogen) atoms. The first-order valence-electron chi connectivity index (χ1n) is 6.73. The van der Waals surface area contributed by atoms with Gasteiger partial charge in [-0.1, -0.05) is 35.5 Å². The fourth-order valence-corrected chi connectivity index (χ4v) is 4.80. The zero-order valence-corrected chi connectivity index (χ0v) is 13.0. The van der Waals surface area contributed by atoms with Crippen molar-refractivity contribution in [1.29, 1.82) is 0 Å². The van der Waals surface area contributed by atoms with Crippen LogP contribution in [0.4, 0.5) is 0 Å². The number of benzene rings is 1. The third kappa shape index (κ3) is 4.92. The maximum atomic E-state index is 8.78. The second-order valence-electron chi connectivity index (χ2n) is 4.73. The van der Waals surface area contributed by atoms with Crippen LogP contribution in [0.15, 0.2) is 35.5 Å². The molecule has 2 unspecified atom stereocenters. The lowest BCUT2D eigenvalue weighted by molar-refractivity contribution is 0.315. The van der Waals surface area contributed by atoms with Gasteiger partial charge in [-0.25, -0.2) is 0 Å². The van der Waals surface area contributed by atoms with Gasteiger partial charge in [-0.05, 0) is 5.56 Å². The summed E-state index contributed by atoms with van der Waals surface area (Å²) in [7, 11) is 0. The Labute approximate surface area is 128 Å². The Hall–Kier alpha value is -0.850. The maximum absolute atomic E-state index is 8.78. The Morgan fingerprint density at radius 1 is 1.40 bits per heavy atom. The van der Waals surface area contributed by atoms with Gasteiger partial charge >= 0.3 is 0 Å². The Kier molecular flexibility index (Phi) is 6.56. The first-order valence-corrected chi connectivity index (χ1v) is 8.94. The van der Waals surface area contributed by atoms with Crippen LogP contribution in [-0.2, 0) is 0 Å². The predicted molar refractivity (Wildman–Crippen MR) is 88.8 cm³/mol. The van der Waals surface area contributed by atoms with Gasteiger partial charge in [-0.2, -0.15) is 23.5 Å². The lowest BCUT2D eigenvalue weighted by Gasteiger charge is -2.25. The highest BCUT2D eigenvalue weighted by molar-refractivity contribution is 8.06. The average Bonchev–Trinajstić information content (AvgIpc) is 2.53. The van der Waals surface area contributed by atoms with Crippen LogP contribution in [0.5, 0.6) is 0 Å². The van der Waals surface area contributed by atoms with Gasteiger partial charge in [0.2, 0.25) is 0 Å². The smallest absolute Gasteiger partial charge is 0.141 e. The molecule has 1 aliphatic rings. The molecule has 1 fully saturated rings. The summed E-state index contributed by atoms with van der Waals surface area (Å²) in [5.41, 5.74) is 6.84. The topological polar surface area (TPSA) is 70.6 Å². The van der Waals surface area contributed by atoms with E-state index in [1.54, 1.807) is 0 Å². The first-order chi connectivity index (χ1) is 9.79. The van der Waals surface area contributed by atoms with Gasteiger partial charge in [-0.3, -0.25) is 0 Å². The Morgan fingerprint density at radius 2 is 2.20 bits per heavy atom. The molecule has 0 bridgehead atoms. The SMILES string of the molecule is N/C(CC(NCC1CSCCS1)c1ccccc1)=N/O. The number of amidine groups is 1. The normalized spacial score (nSPS) is 21.6. The van der Waals surface area contributed by atoms with Crippen LogP contribution in [-0.4, -0.2) is 40.1 Å². The standard InChI is InChI=1S/C14H21N3OS2/c15-14(17-18)8-13(11-4-2-1-3-5-11)16-9-12-10-19-6-7-20-12/h1-5,12-13,16,18H,6-10H2,(H2,15,17). The summed E-state index contributed by atoms with van der Waals surface area (Å²) >= 11 is 4.05. The lowest BCUT2D eigenvalue weighted by Crippen LogP contribution is -2.34. The van der Waals surface area contributed by atoms with Crippen LogP contribution in [0, 0.1) is 0 Å². The number of nitrogens with zero attached hydrogens (tertiary/aromatic N) is 1. The molecule has 0 aliphatic carbocycles. The molecule has 0 spiro atoms. The molecule has 2 rings (SSSR count). The van der Waals surface area contributed by atoms with E-state index in [0.717, 1.165) is 6.54 Å². The summed E-state index contributed by atoms with van der Waals surface area (Å²) in [6.07, 6.45) is 0.519. The molecule has 0 saturated carbocycles. The van der Waals surface area contributed by atoms with Crippen LogP contribution in [0.2, 0.25) is 0 Å². The van der Waals surface area contributed by atoms with Crippen LogP contribution in [0.25, 0.3) is 0 Å². The van der Waals surface area contributed by atoms with E-state index in [4.69, 9.17) is 10.9 Å². The van der Waals surface area contributed by atoms with Crippen LogP contribution in [0.1, 0.15) is 18.0 Å². The summed E-state index contributed by atoms with van der Waals surface area (Å²) in [4.78, 5) is 0. The van der Waals surface area contributed by atoms with Crippen molar-refractivity contribution < 1.29 is 5.21 Å². The molecule has 4 N–H and O–H groups in total. The van der Waals surface area contributed by atoms with E-state index in [1.807, 2.05) is 41.7 Å². The lowest BCUT2D eigenvalue weighted by atomic mass is 10.0. The number of rotatable bonds is 6. The molecule has 1 aliphatic heterocycles. The van der Waals surface area contributed by atoms with Crippen molar-refractivity contribution >= 4 is 29.4 Å². The summed E-state index contributed by atoms with van der Waals surface area (Å²) in [5.74, 6) is 3.95. The van der Waals surface area contributed by atoms with Gasteiger partial charge in [0.05, 0.1) is 0 Å². The fourth-order valence-electron chi connectivity index (χ4n) is 2.17. The van der Waals surface area contributed by atoms with Crippen molar-refractivity contribution in [2.75, 3.05) is 23.8 Å². The molecule has 2 atom stereocenters. The second-order valence-corrected chi connectivity index (χ2v) is 7.29. The van der Waals surface area contributed by atoms with Gasteiger partial charge < -0.3 is 16.3 Å². The van der Waals surface area contributed by atoms with Crippen LogP contribution in [0.3, 0.4) is 0 Å². The summed E-state index contributed by atoms with van der Waals surface area (Å²) in [6, 6.07) is 10.3. The van der Waals surface area contributed by atoms with E-state index in [1.165, 1.54) is 22.8 Å². The number of nitrogens with two attached hydrogens (primary N) is 1. The summed E-state index contributed by atoms with van der Waals surface area (Å²) in [5, 5.41) is 16.1. The highest BCUT2D eigenvalue weighted by Crippen LogP contribution is 2.24. The first kappa shape index (κ1) is 15.5. The molecule has 4 nitrogen and oxygen atoms in total. The highest BCUT2D eigenvalue weighted by atomic mass is 32.2. The number of oxime groups is 1. The van der Waals surface area contributed by atoms with Crippen LogP contribution < -0.4 is 11.1 Å². The molecule has 110 valence electrons. The molecule has 1 aromatic carbocycles. The Balaban J connectivity index is 1.95. The fraction of sp³-hybridized carbons (Fsp3) is 0.500. The van der Waals surface area contributed by atoms with E-state index in [9.17, 15) is 0 Å². The van der Waals surface area contributed by atoms with E-state index in [2.05, 4.69) is 22.6 Å². The molecular weight excluding hydrogens is 290 g/mol. The monoisotopic (exact) mass is 311 g/mol. The van der Waals surface area contributed by atoms with Crippen molar-refractivity contribution in [1.82, 2.24) is 5.32 Å². The Bertz CT molecular complexity index is 422. The summed E-state index contributed by atoms with van der Waals surface area (Å²) < 4.78 is 0. The zero-order chi connectivity index (χ0) is 14.2. The van der Waals surface area contributed by atoms with Gasteiger partial charge in [0, 0.05) is 41.5 Å². The predicted octanol–water partition coefficient (Wildman–Crippen LogP) is 2.30. The minimum absolute atomic E-state index is 0.0969. The highest BCUT2D eigenvalue weighted by Gasteiger charge is 2.18. The number of hydrogen-bond donors (Lipinski definition) is 3. The van der Waals surface area contributed by atoms with E-state index in [-0.39, 0.29) is 11.9 Å². The third-order valence-electron chi connectivity index (χ3n) is 3.22. The van der Waals surface area contributed by atoms with Crippen molar-refractivity contribution in [2.24, 2.45) is 10.9 Å². The third-order valence-corrected chi connectivity index (χ3v) is 6.07. The van der Waals surface area contributed by atoms with Crippen molar-refractivity contribution in [3.05, 3.63) is 35.9 Å². The molecular formula is C14H21N3OS2. The minimum atomic E-state index is 0.0969. The van der Waals surface area contributed by atoms with E-state index >= 15 is 0 Å². The number of thioether (sulfide) groups is 2. The van der Waals surface area contributed by atoms with E-state index < -0.39 is 0 Å². The quantitative estimate of drug-likeness (QED) is 0.325. The second kappa shape index (κ2) is 8.44. The molecule has 1 saturated heterocycles. The molecule has 0 amide bonds.